The van der Waals surface area contributed by atoms with Crippen LogP contribution in [-0.4, -0.2) is 5.78 Å². The second-order valence-electron chi connectivity index (χ2n) is 3.76. The summed E-state index contributed by atoms with van der Waals surface area (Å²) in [5.41, 5.74) is 0.699. The lowest BCUT2D eigenvalue weighted by Gasteiger charge is -2.05. The van der Waals surface area contributed by atoms with Crippen molar-refractivity contribution in [2.45, 2.75) is 16.7 Å². The first-order valence-electron chi connectivity index (χ1n) is 5.30. The summed E-state index contributed by atoms with van der Waals surface area (Å²) in [5, 5.41) is 0.722. The lowest BCUT2D eigenvalue weighted by atomic mass is 10.2. The molecular weight excluding hydrogens is 332 g/mol. The third-order valence-corrected chi connectivity index (χ3v) is 4.22. The largest absolute Gasteiger partial charge is 0.294 e. The molecule has 0 aliphatic rings. The van der Waals surface area contributed by atoms with E-state index in [1.54, 1.807) is 18.7 Å². The predicted molar refractivity (Wildman–Crippen MR) is 79.7 cm³/mol. The van der Waals surface area contributed by atoms with Gasteiger partial charge < -0.3 is 0 Å². The molecule has 0 N–H and O–H groups in total. The van der Waals surface area contributed by atoms with Gasteiger partial charge in [0.05, 0.1) is 0 Å². The molecule has 0 aliphatic carbocycles. The molecule has 0 fully saturated rings. The Labute approximate surface area is 124 Å². The molecule has 0 amide bonds. The Balaban J connectivity index is 2.25. The lowest BCUT2D eigenvalue weighted by Crippen LogP contribution is -1.93. The highest BCUT2D eigenvalue weighted by molar-refractivity contribution is 9.10. The van der Waals surface area contributed by atoms with Gasteiger partial charge in [-0.2, -0.15) is 0 Å². The van der Waals surface area contributed by atoms with Crippen molar-refractivity contribution in [2.75, 3.05) is 0 Å². The average molecular weight is 342 g/mol. The highest BCUT2D eigenvalue weighted by Gasteiger charge is 2.06. The molecule has 1 nitrogen and oxygen atoms in total. The maximum absolute atomic E-state index is 11.3. The summed E-state index contributed by atoms with van der Waals surface area (Å²) in [6.07, 6.45) is 0. The molecule has 0 heterocycles. The van der Waals surface area contributed by atoms with Gasteiger partial charge in [0.1, 0.15) is 0 Å². The van der Waals surface area contributed by atoms with Crippen LogP contribution in [0.25, 0.3) is 0 Å². The standard InChI is InChI=1S/C14H10BrClOS/c1-9(17)13-6-5-12(8-14(13)15)18-11-4-2-3-10(16)7-11/h2-8H,1H3. The van der Waals surface area contributed by atoms with Crippen molar-refractivity contribution >= 4 is 45.1 Å². The fourth-order valence-electron chi connectivity index (χ4n) is 1.51. The van der Waals surface area contributed by atoms with Gasteiger partial charge in [-0.05, 0) is 43.3 Å². The summed E-state index contributed by atoms with van der Waals surface area (Å²) in [6.45, 7) is 1.56. The fraction of sp³-hybridized carbons (Fsp3) is 0.0714. The van der Waals surface area contributed by atoms with Crippen LogP contribution in [0.4, 0.5) is 0 Å². The molecule has 4 heteroatoms. The first-order chi connectivity index (χ1) is 8.56. The van der Waals surface area contributed by atoms with Crippen LogP contribution in [0.2, 0.25) is 5.02 Å². The number of halogens is 2. The number of hydrogen-bond donors (Lipinski definition) is 0. The number of ketones is 1. The number of carbonyl (C=O) groups excluding carboxylic acids is 1. The van der Waals surface area contributed by atoms with E-state index in [2.05, 4.69) is 15.9 Å². The molecule has 92 valence electrons. The van der Waals surface area contributed by atoms with Crippen LogP contribution in [0.1, 0.15) is 17.3 Å². The molecule has 0 saturated carbocycles. The molecule has 0 aromatic heterocycles. The molecule has 0 spiro atoms. The van der Waals surface area contributed by atoms with Crippen molar-refractivity contribution in [3.05, 3.63) is 57.5 Å². The van der Waals surface area contributed by atoms with E-state index < -0.39 is 0 Å². The first kappa shape index (κ1) is 13.7. The Kier molecular flexibility index (Phi) is 4.49. The van der Waals surface area contributed by atoms with E-state index in [1.165, 1.54) is 0 Å². The van der Waals surface area contributed by atoms with Crippen LogP contribution >= 0.6 is 39.3 Å². The minimum Gasteiger partial charge on any atom is -0.294 e. The number of Topliss-reactive ketones (excluding diaryl/α,β-unsaturated/α-hetero) is 1. The van der Waals surface area contributed by atoms with Gasteiger partial charge in [0, 0.05) is 24.8 Å². The summed E-state index contributed by atoms with van der Waals surface area (Å²) < 4.78 is 0.821. The summed E-state index contributed by atoms with van der Waals surface area (Å²) in [4.78, 5) is 13.5. The smallest absolute Gasteiger partial charge is 0.160 e. The molecule has 0 radical (unpaired) electrons. The lowest BCUT2D eigenvalue weighted by molar-refractivity contribution is 0.101. The minimum absolute atomic E-state index is 0.0566. The van der Waals surface area contributed by atoms with Crippen molar-refractivity contribution in [1.29, 1.82) is 0 Å². The molecule has 2 aromatic carbocycles. The quantitative estimate of drug-likeness (QED) is 0.690. The number of carbonyl (C=O) groups is 1. The molecule has 0 aliphatic heterocycles. The summed E-state index contributed by atoms with van der Waals surface area (Å²) in [6, 6.07) is 13.4. The molecule has 2 aromatic rings. The summed E-state index contributed by atoms with van der Waals surface area (Å²) >= 11 is 11.0. The third-order valence-electron chi connectivity index (χ3n) is 2.35. The van der Waals surface area contributed by atoms with Crippen LogP contribution < -0.4 is 0 Å². The molecule has 18 heavy (non-hydrogen) atoms. The van der Waals surface area contributed by atoms with Crippen LogP contribution in [-0.2, 0) is 0 Å². The average Bonchev–Trinajstić information content (AvgIpc) is 2.28. The van der Waals surface area contributed by atoms with E-state index >= 15 is 0 Å². The highest BCUT2D eigenvalue weighted by Crippen LogP contribution is 2.32. The highest BCUT2D eigenvalue weighted by atomic mass is 79.9. The van der Waals surface area contributed by atoms with Crippen LogP contribution in [0.5, 0.6) is 0 Å². The van der Waals surface area contributed by atoms with E-state index in [-0.39, 0.29) is 5.78 Å². The van der Waals surface area contributed by atoms with Gasteiger partial charge in [0.25, 0.3) is 0 Å². The van der Waals surface area contributed by atoms with E-state index in [4.69, 9.17) is 11.6 Å². The van der Waals surface area contributed by atoms with E-state index in [0.717, 1.165) is 19.3 Å². The Hall–Kier alpha value is -0.770. The molecule has 2 rings (SSSR count). The monoisotopic (exact) mass is 340 g/mol. The van der Waals surface area contributed by atoms with Gasteiger partial charge in [0.2, 0.25) is 0 Å². The number of hydrogen-bond acceptors (Lipinski definition) is 2. The number of rotatable bonds is 3. The zero-order valence-electron chi connectivity index (χ0n) is 9.61. The second kappa shape index (κ2) is 5.91. The fourth-order valence-corrected chi connectivity index (χ4v) is 3.49. The first-order valence-corrected chi connectivity index (χ1v) is 7.29. The molecule has 0 bridgehead atoms. The zero-order chi connectivity index (χ0) is 13.1. The minimum atomic E-state index is 0.0566. The number of benzene rings is 2. The zero-order valence-corrected chi connectivity index (χ0v) is 12.8. The van der Waals surface area contributed by atoms with Crippen molar-refractivity contribution in [1.82, 2.24) is 0 Å². The second-order valence-corrected chi connectivity index (χ2v) is 6.19. The Morgan fingerprint density at radius 1 is 1.17 bits per heavy atom. The molecular formula is C14H10BrClOS. The Morgan fingerprint density at radius 2 is 1.89 bits per heavy atom. The van der Waals surface area contributed by atoms with Crippen molar-refractivity contribution in [3.8, 4) is 0 Å². The van der Waals surface area contributed by atoms with E-state index in [0.29, 0.717) is 5.56 Å². The van der Waals surface area contributed by atoms with Gasteiger partial charge in [-0.1, -0.05) is 45.4 Å². The third kappa shape index (κ3) is 3.37. The Bertz CT molecular complexity index is 598. The summed E-state index contributed by atoms with van der Waals surface area (Å²) in [5.74, 6) is 0.0566. The maximum Gasteiger partial charge on any atom is 0.160 e. The van der Waals surface area contributed by atoms with Crippen LogP contribution in [0.3, 0.4) is 0 Å². The molecule has 0 unspecified atom stereocenters. The van der Waals surface area contributed by atoms with Crippen molar-refractivity contribution < 1.29 is 4.79 Å². The van der Waals surface area contributed by atoms with E-state index in [1.807, 2.05) is 42.5 Å². The van der Waals surface area contributed by atoms with Gasteiger partial charge in [-0.3, -0.25) is 4.79 Å². The van der Waals surface area contributed by atoms with Gasteiger partial charge >= 0.3 is 0 Å². The SMILES string of the molecule is CC(=O)c1ccc(Sc2cccc(Cl)c2)cc1Br. The molecule has 0 atom stereocenters. The van der Waals surface area contributed by atoms with Gasteiger partial charge in [-0.15, -0.1) is 0 Å². The summed E-state index contributed by atoms with van der Waals surface area (Å²) in [7, 11) is 0. The Morgan fingerprint density at radius 3 is 2.50 bits per heavy atom. The van der Waals surface area contributed by atoms with Crippen LogP contribution in [0, 0.1) is 0 Å². The van der Waals surface area contributed by atoms with E-state index in [9.17, 15) is 4.79 Å². The normalized spacial score (nSPS) is 10.4. The topological polar surface area (TPSA) is 17.1 Å². The predicted octanol–water partition coefficient (Wildman–Crippen LogP) is 5.46. The molecule has 0 saturated heterocycles. The van der Waals surface area contributed by atoms with Crippen molar-refractivity contribution in [3.63, 3.8) is 0 Å². The maximum atomic E-state index is 11.3. The van der Waals surface area contributed by atoms with Gasteiger partial charge in [-0.25, -0.2) is 0 Å². The van der Waals surface area contributed by atoms with Crippen molar-refractivity contribution in [2.24, 2.45) is 0 Å². The van der Waals surface area contributed by atoms with Crippen LogP contribution in [0.15, 0.2) is 56.7 Å². The van der Waals surface area contributed by atoms with Gasteiger partial charge in [0.15, 0.2) is 5.78 Å².